The number of benzene rings is 1. The molecule has 2 atom stereocenters. The Morgan fingerprint density at radius 1 is 1.56 bits per heavy atom. The van der Waals surface area contributed by atoms with E-state index >= 15 is 0 Å². The van der Waals surface area contributed by atoms with Gasteiger partial charge in [0.2, 0.25) is 0 Å². The van der Waals surface area contributed by atoms with Gasteiger partial charge in [-0.05, 0) is 49.4 Å². The molecule has 1 aromatic carbocycles. The van der Waals surface area contributed by atoms with Gasteiger partial charge in [0, 0.05) is 22.1 Å². The van der Waals surface area contributed by atoms with Crippen LogP contribution in [0.1, 0.15) is 37.3 Å². The van der Waals surface area contributed by atoms with Gasteiger partial charge < -0.3 is 4.74 Å². The van der Waals surface area contributed by atoms with Gasteiger partial charge >= 0.3 is 0 Å². The number of nitrogens with one attached hydrogen (secondary N) is 1. The van der Waals surface area contributed by atoms with E-state index in [4.69, 9.17) is 22.2 Å². The van der Waals surface area contributed by atoms with Crippen LogP contribution in [-0.2, 0) is 4.74 Å². The lowest BCUT2D eigenvalue weighted by molar-refractivity contribution is 0.0996. The topological polar surface area (TPSA) is 47.3 Å². The third-order valence-corrected chi connectivity index (χ3v) is 4.29. The van der Waals surface area contributed by atoms with Gasteiger partial charge in [-0.1, -0.05) is 27.5 Å². The zero-order valence-electron chi connectivity index (χ0n) is 10.2. The van der Waals surface area contributed by atoms with Gasteiger partial charge in [0.05, 0.1) is 6.10 Å². The van der Waals surface area contributed by atoms with Gasteiger partial charge in [0.15, 0.2) is 0 Å². The Labute approximate surface area is 121 Å². The van der Waals surface area contributed by atoms with Gasteiger partial charge in [0.25, 0.3) is 0 Å². The van der Waals surface area contributed by atoms with Crippen molar-refractivity contribution in [1.82, 2.24) is 5.43 Å². The quantitative estimate of drug-likeness (QED) is 0.640. The normalized spacial score (nSPS) is 21.2. The number of halogens is 2. The van der Waals surface area contributed by atoms with Crippen LogP contribution in [0.2, 0.25) is 5.02 Å². The number of hydrogen-bond acceptors (Lipinski definition) is 3. The first-order valence-corrected chi connectivity index (χ1v) is 7.40. The summed E-state index contributed by atoms with van der Waals surface area (Å²) in [5.74, 6) is 5.65. The summed E-state index contributed by atoms with van der Waals surface area (Å²) < 4.78 is 6.66. The van der Waals surface area contributed by atoms with E-state index in [1.807, 2.05) is 18.2 Å². The van der Waals surface area contributed by atoms with Crippen LogP contribution in [0.5, 0.6) is 0 Å². The molecule has 3 N–H and O–H groups in total. The highest BCUT2D eigenvalue weighted by Crippen LogP contribution is 2.30. The summed E-state index contributed by atoms with van der Waals surface area (Å²) in [6, 6.07) is 5.87. The first-order valence-electron chi connectivity index (χ1n) is 6.23. The highest BCUT2D eigenvalue weighted by Gasteiger charge is 2.19. The number of rotatable bonds is 5. The van der Waals surface area contributed by atoms with Crippen molar-refractivity contribution in [3.05, 3.63) is 33.3 Å². The third kappa shape index (κ3) is 3.68. The highest BCUT2D eigenvalue weighted by atomic mass is 79.9. The molecule has 0 saturated carbocycles. The monoisotopic (exact) mass is 332 g/mol. The van der Waals surface area contributed by atoms with Crippen LogP contribution < -0.4 is 11.3 Å². The SMILES string of the molecule is NNC(CCC1CCCO1)c1cc(Cl)ccc1Br. The summed E-state index contributed by atoms with van der Waals surface area (Å²) in [5.41, 5.74) is 3.97. The summed E-state index contributed by atoms with van der Waals surface area (Å²) >= 11 is 9.57. The van der Waals surface area contributed by atoms with Crippen molar-refractivity contribution in [1.29, 1.82) is 0 Å². The van der Waals surface area contributed by atoms with Crippen molar-refractivity contribution in [2.75, 3.05) is 6.61 Å². The predicted molar refractivity (Wildman–Crippen MR) is 77.4 cm³/mol. The standard InChI is InChI=1S/C13H18BrClN2O/c14-12-5-3-9(15)8-11(12)13(17-16)6-4-10-2-1-7-18-10/h3,5,8,10,13,17H,1-2,4,6-7,16H2. The molecule has 18 heavy (non-hydrogen) atoms. The van der Waals surface area contributed by atoms with Gasteiger partial charge in [-0.3, -0.25) is 11.3 Å². The Balaban J connectivity index is 2.00. The Kier molecular flexibility index (Phi) is 5.45. The van der Waals surface area contributed by atoms with Crippen LogP contribution in [0.25, 0.3) is 0 Å². The molecule has 2 rings (SSSR count). The van der Waals surface area contributed by atoms with Gasteiger partial charge in [-0.15, -0.1) is 0 Å². The molecule has 0 spiro atoms. The van der Waals surface area contributed by atoms with Crippen LogP contribution in [0.15, 0.2) is 22.7 Å². The maximum Gasteiger partial charge on any atom is 0.0576 e. The number of hydrogen-bond donors (Lipinski definition) is 2. The van der Waals surface area contributed by atoms with Crippen molar-refractivity contribution >= 4 is 27.5 Å². The van der Waals surface area contributed by atoms with Crippen LogP contribution in [0, 0.1) is 0 Å². The van der Waals surface area contributed by atoms with E-state index in [2.05, 4.69) is 21.4 Å². The Bertz CT molecular complexity index is 397. The molecule has 1 aromatic rings. The second-order valence-electron chi connectivity index (χ2n) is 4.60. The smallest absolute Gasteiger partial charge is 0.0576 e. The largest absolute Gasteiger partial charge is 0.378 e. The minimum Gasteiger partial charge on any atom is -0.378 e. The second kappa shape index (κ2) is 6.87. The first kappa shape index (κ1) is 14.3. The average Bonchev–Trinajstić information content (AvgIpc) is 2.87. The summed E-state index contributed by atoms with van der Waals surface area (Å²) in [6.07, 6.45) is 4.69. The molecule has 0 aromatic heterocycles. The summed E-state index contributed by atoms with van der Waals surface area (Å²) in [6.45, 7) is 0.895. The predicted octanol–water partition coefficient (Wildman–Crippen LogP) is 3.57. The lowest BCUT2D eigenvalue weighted by Gasteiger charge is -2.20. The zero-order valence-corrected chi connectivity index (χ0v) is 12.5. The Morgan fingerprint density at radius 2 is 2.39 bits per heavy atom. The molecule has 2 unspecified atom stereocenters. The molecule has 1 aliphatic rings. The van der Waals surface area contributed by atoms with E-state index in [9.17, 15) is 0 Å². The molecule has 1 heterocycles. The molecule has 100 valence electrons. The van der Waals surface area contributed by atoms with E-state index in [0.29, 0.717) is 6.10 Å². The van der Waals surface area contributed by atoms with E-state index in [1.54, 1.807) is 0 Å². The maximum absolute atomic E-state index is 6.03. The number of hydrazine groups is 1. The van der Waals surface area contributed by atoms with E-state index in [0.717, 1.165) is 40.9 Å². The Morgan fingerprint density at radius 3 is 3.06 bits per heavy atom. The molecule has 0 bridgehead atoms. The lowest BCUT2D eigenvalue weighted by atomic mass is 10.00. The molecule has 1 fully saturated rings. The van der Waals surface area contributed by atoms with Crippen molar-refractivity contribution in [2.45, 2.75) is 37.8 Å². The molecule has 3 nitrogen and oxygen atoms in total. The first-order chi connectivity index (χ1) is 8.70. The zero-order chi connectivity index (χ0) is 13.0. The maximum atomic E-state index is 6.03. The van der Waals surface area contributed by atoms with E-state index in [-0.39, 0.29) is 6.04 Å². The molecule has 0 radical (unpaired) electrons. The Hall–Kier alpha value is -0.130. The fourth-order valence-corrected chi connectivity index (χ4v) is 3.04. The van der Waals surface area contributed by atoms with Crippen molar-refractivity contribution < 1.29 is 4.74 Å². The minimum atomic E-state index is 0.0993. The van der Waals surface area contributed by atoms with Gasteiger partial charge in [0.1, 0.15) is 0 Å². The average molecular weight is 334 g/mol. The fourth-order valence-electron chi connectivity index (χ4n) is 2.33. The van der Waals surface area contributed by atoms with Crippen LogP contribution in [0.4, 0.5) is 0 Å². The van der Waals surface area contributed by atoms with Crippen molar-refractivity contribution in [3.8, 4) is 0 Å². The molecule has 1 aliphatic heterocycles. The molecule has 0 amide bonds. The molecule has 1 saturated heterocycles. The molecule has 0 aliphatic carbocycles. The van der Waals surface area contributed by atoms with Gasteiger partial charge in [-0.2, -0.15) is 0 Å². The highest BCUT2D eigenvalue weighted by molar-refractivity contribution is 9.10. The summed E-state index contributed by atoms with van der Waals surface area (Å²) in [4.78, 5) is 0. The molecular weight excluding hydrogens is 316 g/mol. The third-order valence-electron chi connectivity index (χ3n) is 3.34. The summed E-state index contributed by atoms with van der Waals surface area (Å²) in [5, 5.41) is 0.727. The second-order valence-corrected chi connectivity index (χ2v) is 5.89. The van der Waals surface area contributed by atoms with Crippen LogP contribution in [-0.4, -0.2) is 12.7 Å². The number of ether oxygens (including phenoxy) is 1. The van der Waals surface area contributed by atoms with Crippen molar-refractivity contribution in [3.63, 3.8) is 0 Å². The minimum absolute atomic E-state index is 0.0993. The van der Waals surface area contributed by atoms with Crippen LogP contribution in [0.3, 0.4) is 0 Å². The van der Waals surface area contributed by atoms with Crippen molar-refractivity contribution in [2.24, 2.45) is 5.84 Å². The summed E-state index contributed by atoms with van der Waals surface area (Å²) in [7, 11) is 0. The van der Waals surface area contributed by atoms with E-state index < -0.39 is 0 Å². The van der Waals surface area contributed by atoms with E-state index in [1.165, 1.54) is 6.42 Å². The van der Waals surface area contributed by atoms with Crippen LogP contribution >= 0.6 is 27.5 Å². The van der Waals surface area contributed by atoms with Gasteiger partial charge in [-0.25, -0.2) is 0 Å². The fraction of sp³-hybridized carbons (Fsp3) is 0.538. The molecular formula is C13H18BrClN2O. The molecule has 5 heteroatoms. The number of nitrogens with two attached hydrogens (primary N) is 1. The lowest BCUT2D eigenvalue weighted by Crippen LogP contribution is -2.29.